The first-order valence-corrected chi connectivity index (χ1v) is 8.03. The number of rotatable bonds is 6. The summed E-state index contributed by atoms with van der Waals surface area (Å²) in [5.74, 6) is 0.559. The third-order valence-corrected chi connectivity index (χ3v) is 3.72. The highest BCUT2D eigenvalue weighted by Crippen LogP contribution is 2.17. The minimum Gasteiger partial charge on any atom is -0.484 e. The van der Waals surface area contributed by atoms with E-state index in [0.717, 1.165) is 28.1 Å². The Kier molecular flexibility index (Phi) is 5.36. The number of carbonyl (C=O) groups is 1. The zero-order valence-corrected chi connectivity index (χ0v) is 14.0. The number of nitrogens with one attached hydrogen (secondary N) is 1. The molecule has 5 nitrogen and oxygen atoms in total. The maximum absolute atomic E-state index is 12.0. The molecule has 0 aliphatic heterocycles. The molecule has 0 aliphatic carbocycles. The number of amides is 1. The number of hydrogen-bond donors (Lipinski definition) is 1. The van der Waals surface area contributed by atoms with Gasteiger partial charge in [0.2, 0.25) is 0 Å². The molecule has 0 saturated heterocycles. The number of ether oxygens (including phenoxy) is 1. The number of pyridine rings is 2. The standard InChI is InChI=1S/C20H19N3O2/c1-15-5-2-3-7-19(15)25-14-20(24)23-12-16-8-10-22-18(11-16)17-6-4-9-21-13-17/h2-11,13H,12,14H2,1H3,(H,23,24). The van der Waals surface area contributed by atoms with E-state index in [9.17, 15) is 4.79 Å². The Morgan fingerprint density at radius 3 is 2.80 bits per heavy atom. The molecule has 5 heteroatoms. The van der Waals surface area contributed by atoms with E-state index in [1.165, 1.54) is 0 Å². The second-order valence-electron chi connectivity index (χ2n) is 5.62. The first-order chi connectivity index (χ1) is 12.2. The van der Waals surface area contributed by atoms with Crippen molar-refractivity contribution in [2.75, 3.05) is 6.61 Å². The van der Waals surface area contributed by atoms with E-state index in [4.69, 9.17) is 4.74 Å². The molecule has 3 rings (SSSR count). The lowest BCUT2D eigenvalue weighted by molar-refractivity contribution is -0.123. The Hall–Kier alpha value is -3.21. The highest BCUT2D eigenvalue weighted by molar-refractivity contribution is 5.77. The molecular formula is C20H19N3O2. The lowest BCUT2D eigenvalue weighted by atomic mass is 10.1. The summed E-state index contributed by atoms with van der Waals surface area (Å²) in [6, 6.07) is 15.3. The van der Waals surface area contributed by atoms with Crippen LogP contribution in [-0.2, 0) is 11.3 Å². The quantitative estimate of drug-likeness (QED) is 0.753. The Bertz CT molecular complexity index is 850. The van der Waals surface area contributed by atoms with Crippen molar-refractivity contribution in [2.45, 2.75) is 13.5 Å². The lowest BCUT2D eigenvalue weighted by Crippen LogP contribution is -2.28. The third kappa shape index (κ3) is 4.64. The molecule has 25 heavy (non-hydrogen) atoms. The van der Waals surface area contributed by atoms with Crippen LogP contribution in [0.15, 0.2) is 67.1 Å². The largest absolute Gasteiger partial charge is 0.484 e. The smallest absolute Gasteiger partial charge is 0.258 e. The number of hydrogen-bond acceptors (Lipinski definition) is 4. The van der Waals surface area contributed by atoms with Crippen molar-refractivity contribution in [1.82, 2.24) is 15.3 Å². The summed E-state index contributed by atoms with van der Waals surface area (Å²) >= 11 is 0. The minimum atomic E-state index is -0.164. The van der Waals surface area contributed by atoms with Crippen molar-refractivity contribution < 1.29 is 9.53 Å². The van der Waals surface area contributed by atoms with Gasteiger partial charge in [-0.2, -0.15) is 0 Å². The lowest BCUT2D eigenvalue weighted by Gasteiger charge is -2.10. The average molecular weight is 333 g/mol. The van der Waals surface area contributed by atoms with Crippen LogP contribution in [0.25, 0.3) is 11.3 Å². The van der Waals surface area contributed by atoms with Crippen LogP contribution in [0, 0.1) is 6.92 Å². The topological polar surface area (TPSA) is 64.1 Å². The molecule has 0 unspecified atom stereocenters. The highest BCUT2D eigenvalue weighted by Gasteiger charge is 2.06. The van der Waals surface area contributed by atoms with Gasteiger partial charge >= 0.3 is 0 Å². The van der Waals surface area contributed by atoms with Crippen LogP contribution in [0.3, 0.4) is 0 Å². The van der Waals surface area contributed by atoms with E-state index in [1.54, 1.807) is 18.6 Å². The van der Waals surface area contributed by atoms with Crippen LogP contribution in [0.5, 0.6) is 5.75 Å². The van der Waals surface area contributed by atoms with E-state index in [1.807, 2.05) is 55.5 Å². The maximum atomic E-state index is 12.0. The van der Waals surface area contributed by atoms with Gasteiger partial charge in [0, 0.05) is 30.7 Å². The zero-order chi connectivity index (χ0) is 17.5. The van der Waals surface area contributed by atoms with Crippen LogP contribution < -0.4 is 10.1 Å². The van der Waals surface area contributed by atoms with E-state index in [-0.39, 0.29) is 12.5 Å². The minimum absolute atomic E-state index is 0.00853. The van der Waals surface area contributed by atoms with Crippen molar-refractivity contribution in [3.05, 3.63) is 78.2 Å². The summed E-state index contributed by atoms with van der Waals surface area (Å²) in [4.78, 5) is 20.4. The van der Waals surface area contributed by atoms with Crippen LogP contribution in [0.4, 0.5) is 0 Å². The second-order valence-corrected chi connectivity index (χ2v) is 5.62. The first kappa shape index (κ1) is 16.6. The van der Waals surface area contributed by atoms with Crippen LogP contribution in [0.2, 0.25) is 0 Å². The normalized spacial score (nSPS) is 10.3. The highest BCUT2D eigenvalue weighted by atomic mass is 16.5. The van der Waals surface area contributed by atoms with Gasteiger partial charge in [-0.05, 0) is 48.4 Å². The van der Waals surface area contributed by atoms with Gasteiger partial charge in [0.25, 0.3) is 5.91 Å². The monoisotopic (exact) mass is 333 g/mol. The van der Waals surface area contributed by atoms with E-state index < -0.39 is 0 Å². The number of benzene rings is 1. The van der Waals surface area contributed by atoms with Gasteiger partial charge in [-0.25, -0.2) is 0 Å². The molecule has 0 bridgehead atoms. The van der Waals surface area contributed by atoms with Gasteiger partial charge in [0.05, 0.1) is 5.69 Å². The van der Waals surface area contributed by atoms with Gasteiger partial charge in [-0.15, -0.1) is 0 Å². The summed E-state index contributed by atoms with van der Waals surface area (Å²) in [5.41, 5.74) is 3.75. The third-order valence-electron chi connectivity index (χ3n) is 3.72. The van der Waals surface area contributed by atoms with Gasteiger partial charge in [-0.3, -0.25) is 14.8 Å². The molecule has 1 N–H and O–H groups in total. The molecule has 0 aliphatic rings. The first-order valence-electron chi connectivity index (χ1n) is 8.03. The van der Waals surface area contributed by atoms with Crippen molar-refractivity contribution >= 4 is 5.91 Å². The molecule has 126 valence electrons. The van der Waals surface area contributed by atoms with Gasteiger partial charge in [-0.1, -0.05) is 18.2 Å². The summed E-state index contributed by atoms with van der Waals surface area (Å²) in [6.45, 7) is 2.36. The Balaban J connectivity index is 1.55. The molecular weight excluding hydrogens is 314 g/mol. The summed E-state index contributed by atoms with van der Waals surface area (Å²) in [6.07, 6.45) is 5.22. The zero-order valence-electron chi connectivity index (χ0n) is 14.0. The molecule has 0 radical (unpaired) electrons. The number of nitrogens with zero attached hydrogens (tertiary/aromatic N) is 2. The van der Waals surface area contributed by atoms with Crippen molar-refractivity contribution in [1.29, 1.82) is 0 Å². The fraction of sp³-hybridized carbons (Fsp3) is 0.150. The number of para-hydroxylation sites is 1. The fourth-order valence-corrected chi connectivity index (χ4v) is 2.37. The molecule has 1 aromatic carbocycles. The average Bonchev–Trinajstić information content (AvgIpc) is 2.67. The van der Waals surface area contributed by atoms with E-state index >= 15 is 0 Å². The second kappa shape index (κ2) is 8.06. The number of carbonyl (C=O) groups excluding carboxylic acids is 1. The van der Waals surface area contributed by atoms with Gasteiger partial charge < -0.3 is 10.1 Å². The predicted molar refractivity (Wildman–Crippen MR) is 96.0 cm³/mol. The van der Waals surface area contributed by atoms with E-state index in [2.05, 4.69) is 15.3 Å². The molecule has 0 spiro atoms. The molecule has 1 amide bonds. The Morgan fingerprint density at radius 1 is 1.12 bits per heavy atom. The SMILES string of the molecule is Cc1ccccc1OCC(=O)NCc1ccnc(-c2cccnc2)c1. The molecule has 2 heterocycles. The fourth-order valence-electron chi connectivity index (χ4n) is 2.37. The maximum Gasteiger partial charge on any atom is 0.258 e. The van der Waals surface area contributed by atoms with Gasteiger partial charge in [0.1, 0.15) is 5.75 Å². The summed E-state index contributed by atoms with van der Waals surface area (Å²) < 4.78 is 5.55. The summed E-state index contributed by atoms with van der Waals surface area (Å²) in [7, 11) is 0. The number of aromatic nitrogens is 2. The molecule has 0 atom stereocenters. The summed E-state index contributed by atoms with van der Waals surface area (Å²) in [5, 5.41) is 2.86. The predicted octanol–water partition coefficient (Wildman–Crippen LogP) is 3.15. The Labute approximate surface area is 146 Å². The van der Waals surface area contributed by atoms with Crippen molar-refractivity contribution in [3.8, 4) is 17.0 Å². The van der Waals surface area contributed by atoms with Crippen LogP contribution in [0.1, 0.15) is 11.1 Å². The molecule has 2 aromatic heterocycles. The van der Waals surface area contributed by atoms with Crippen LogP contribution >= 0.6 is 0 Å². The van der Waals surface area contributed by atoms with Crippen molar-refractivity contribution in [2.24, 2.45) is 0 Å². The van der Waals surface area contributed by atoms with Crippen LogP contribution in [-0.4, -0.2) is 22.5 Å². The number of aryl methyl sites for hydroxylation is 1. The van der Waals surface area contributed by atoms with Gasteiger partial charge in [0.15, 0.2) is 6.61 Å². The molecule has 0 fully saturated rings. The Morgan fingerprint density at radius 2 is 2.00 bits per heavy atom. The molecule has 3 aromatic rings. The molecule has 0 saturated carbocycles. The van der Waals surface area contributed by atoms with Crippen molar-refractivity contribution in [3.63, 3.8) is 0 Å². The van der Waals surface area contributed by atoms with E-state index in [0.29, 0.717) is 6.54 Å².